The average molecular weight is 369 g/mol. The lowest BCUT2D eigenvalue weighted by molar-refractivity contribution is -0.136. The number of H-pyrrole nitrogens is 1. The fourth-order valence-electron chi connectivity index (χ4n) is 2.40. The largest absolute Gasteiger partial charge is 0.417 e. The Balaban J connectivity index is 2.16. The number of anilines is 1. The predicted octanol–water partition coefficient (Wildman–Crippen LogP) is 2.59. The van der Waals surface area contributed by atoms with Crippen LogP contribution in [-0.2, 0) is 23.2 Å². The number of alkyl halides is 3. The topological polar surface area (TPSA) is 104 Å². The summed E-state index contributed by atoms with van der Waals surface area (Å²) in [4.78, 5) is 2.39. The van der Waals surface area contributed by atoms with Crippen LogP contribution < -0.4 is 4.72 Å². The lowest BCUT2D eigenvalue weighted by atomic mass is 10.1. The van der Waals surface area contributed by atoms with Gasteiger partial charge in [0.25, 0.3) is 10.0 Å². The van der Waals surface area contributed by atoms with E-state index in [1.165, 1.54) is 17.9 Å². The van der Waals surface area contributed by atoms with Crippen molar-refractivity contribution in [2.45, 2.75) is 11.1 Å². The molecular formula is C14H10F3N5O2S. The van der Waals surface area contributed by atoms with Gasteiger partial charge < -0.3 is 4.98 Å². The summed E-state index contributed by atoms with van der Waals surface area (Å²) < 4.78 is 67.7. The molecule has 0 saturated carbocycles. The van der Waals surface area contributed by atoms with Crippen LogP contribution in [0.4, 0.5) is 18.9 Å². The number of hydrogen-bond acceptors (Lipinski definition) is 4. The van der Waals surface area contributed by atoms with Crippen LogP contribution in [-0.4, -0.2) is 23.2 Å². The first kappa shape index (κ1) is 16.8. The molecule has 2 heterocycles. The normalized spacial score (nSPS) is 12.3. The van der Waals surface area contributed by atoms with Gasteiger partial charge in [0.15, 0.2) is 0 Å². The molecule has 0 saturated heterocycles. The van der Waals surface area contributed by atoms with E-state index in [2.05, 4.69) is 14.8 Å². The smallest absolute Gasteiger partial charge is 0.358 e. The second-order valence-electron chi connectivity index (χ2n) is 5.18. The van der Waals surface area contributed by atoms with Crippen LogP contribution >= 0.6 is 0 Å². The monoisotopic (exact) mass is 369 g/mol. The third-order valence-electron chi connectivity index (χ3n) is 3.50. The zero-order valence-corrected chi connectivity index (χ0v) is 13.4. The first-order chi connectivity index (χ1) is 11.6. The first-order valence-electron chi connectivity index (χ1n) is 6.76. The lowest BCUT2D eigenvalue weighted by Crippen LogP contribution is -2.13. The Kier molecular flexibility index (Phi) is 3.72. The minimum atomic E-state index is -4.69. The Morgan fingerprint density at radius 2 is 2.08 bits per heavy atom. The molecular weight excluding hydrogens is 359 g/mol. The molecule has 3 rings (SSSR count). The highest BCUT2D eigenvalue weighted by atomic mass is 32.2. The summed E-state index contributed by atoms with van der Waals surface area (Å²) in [6.45, 7) is 0. The van der Waals surface area contributed by atoms with Gasteiger partial charge in [-0.25, -0.2) is 8.42 Å². The van der Waals surface area contributed by atoms with Gasteiger partial charge in [0.2, 0.25) is 0 Å². The third-order valence-corrected chi connectivity index (χ3v) is 4.82. The van der Waals surface area contributed by atoms with Crippen molar-refractivity contribution in [1.29, 1.82) is 5.26 Å². The van der Waals surface area contributed by atoms with Crippen molar-refractivity contribution >= 4 is 26.6 Å². The Morgan fingerprint density at radius 1 is 1.36 bits per heavy atom. The number of nitriles is 1. The van der Waals surface area contributed by atoms with Crippen LogP contribution in [0.25, 0.3) is 10.9 Å². The van der Waals surface area contributed by atoms with Crippen molar-refractivity contribution in [3.63, 3.8) is 0 Å². The quantitative estimate of drug-likeness (QED) is 0.740. The van der Waals surface area contributed by atoms with E-state index in [0.29, 0.717) is 0 Å². The number of aromatic nitrogens is 3. The van der Waals surface area contributed by atoms with Crippen molar-refractivity contribution in [2.75, 3.05) is 4.72 Å². The van der Waals surface area contributed by atoms with Gasteiger partial charge in [-0.2, -0.15) is 23.5 Å². The highest BCUT2D eigenvalue weighted by Gasteiger charge is 2.35. The molecule has 1 aromatic carbocycles. The molecule has 0 spiro atoms. The van der Waals surface area contributed by atoms with E-state index < -0.39 is 21.8 Å². The fraction of sp³-hybridized carbons (Fsp3) is 0.143. The van der Waals surface area contributed by atoms with Crippen LogP contribution in [0.5, 0.6) is 0 Å². The predicted molar refractivity (Wildman–Crippen MR) is 82.0 cm³/mol. The molecule has 25 heavy (non-hydrogen) atoms. The summed E-state index contributed by atoms with van der Waals surface area (Å²) in [5.74, 6) is 0. The van der Waals surface area contributed by atoms with Crippen LogP contribution in [0.1, 0.15) is 11.1 Å². The standard InChI is InChI=1S/C14H10F3N5O2S/c1-22-7-9(6-20-22)25(23,24)21-11-3-2-10(14(15,16)17)12-8(4-18)5-19-13(11)12/h2-3,5-7,19,21H,1H3. The van der Waals surface area contributed by atoms with E-state index in [4.69, 9.17) is 5.26 Å². The van der Waals surface area contributed by atoms with Gasteiger partial charge in [-0.05, 0) is 12.1 Å². The van der Waals surface area contributed by atoms with E-state index >= 15 is 0 Å². The number of aromatic amines is 1. The Labute approximate surface area is 139 Å². The molecule has 3 aromatic rings. The molecule has 0 fully saturated rings. The number of hydrogen-bond donors (Lipinski definition) is 2. The van der Waals surface area contributed by atoms with Gasteiger partial charge in [-0.1, -0.05) is 0 Å². The maximum atomic E-state index is 13.2. The molecule has 0 bridgehead atoms. The molecule has 130 valence electrons. The SMILES string of the molecule is Cn1cc(S(=O)(=O)Nc2ccc(C(F)(F)F)c3c(C#N)c[nH]c23)cn1. The van der Waals surface area contributed by atoms with Crippen molar-refractivity contribution < 1.29 is 21.6 Å². The van der Waals surface area contributed by atoms with Crippen molar-refractivity contribution in [2.24, 2.45) is 7.05 Å². The number of sulfonamides is 1. The highest BCUT2D eigenvalue weighted by Crippen LogP contribution is 2.39. The summed E-state index contributed by atoms with van der Waals surface area (Å²) in [5.41, 5.74) is -1.48. The second kappa shape index (κ2) is 5.52. The molecule has 0 atom stereocenters. The van der Waals surface area contributed by atoms with Crippen LogP contribution in [0, 0.1) is 11.3 Å². The summed E-state index contributed by atoms with van der Waals surface area (Å²) in [5, 5.41) is 12.4. The summed E-state index contributed by atoms with van der Waals surface area (Å²) in [6, 6.07) is 3.40. The van der Waals surface area contributed by atoms with Gasteiger partial charge in [0.1, 0.15) is 11.0 Å². The number of nitrogens with one attached hydrogen (secondary N) is 2. The minimum absolute atomic E-state index is 0.103. The van der Waals surface area contributed by atoms with E-state index in [-0.39, 0.29) is 27.0 Å². The second-order valence-corrected chi connectivity index (χ2v) is 6.86. The number of aryl methyl sites for hydroxylation is 1. The van der Waals surface area contributed by atoms with Crippen LogP contribution in [0.15, 0.2) is 35.6 Å². The van der Waals surface area contributed by atoms with Crippen molar-refractivity contribution in [1.82, 2.24) is 14.8 Å². The van der Waals surface area contributed by atoms with Crippen LogP contribution in [0.3, 0.4) is 0 Å². The molecule has 2 N–H and O–H groups in total. The first-order valence-corrected chi connectivity index (χ1v) is 8.24. The zero-order valence-electron chi connectivity index (χ0n) is 12.6. The van der Waals surface area contributed by atoms with E-state index in [1.807, 2.05) is 0 Å². The highest BCUT2D eigenvalue weighted by molar-refractivity contribution is 7.92. The zero-order chi connectivity index (χ0) is 18.4. The molecule has 0 aliphatic rings. The number of rotatable bonds is 3. The number of nitrogens with zero attached hydrogens (tertiary/aromatic N) is 3. The molecule has 2 aromatic heterocycles. The number of benzene rings is 1. The summed E-state index contributed by atoms with van der Waals surface area (Å²) in [7, 11) is -2.52. The fourth-order valence-corrected chi connectivity index (χ4v) is 3.45. The summed E-state index contributed by atoms with van der Waals surface area (Å²) >= 11 is 0. The van der Waals surface area contributed by atoms with Crippen LogP contribution in [0.2, 0.25) is 0 Å². The van der Waals surface area contributed by atoms with Gasteiger partial charge in [-0.3, -0.25) is 9.40 Å². The molecule has 11 heteroatoms. The Hall–Kier alpha value is -3.00. The summed E-state index contributed by atoms with van der Waals surface area (Å²) in [6.07, 6.45) is -1.23. The number of halogens is 3. The molecule has 0 aliphatic heterocycles. The van der Waals surface area contributed by atoms with Gasteiger partial charge >= 0.3 is 6.18 Å². The van der Waals surface area contributed by atoms with E-state index in [1.54, 1.807) is 6.07 Å². The average Bonchev–Trinajstić information content (AvgIpc) is 3.12. The van der Waals surface area contributed by atoms with Gasteiger partial charge in [-0.15, -0.1) is 0 Å². The molecule has 0 aliphatic carbocycles. The molecule has 0 amide bonds. The Morgan fingerprint density at radius 3 is 2.64 bits per heavy atom. The molecule has 0 unspecified atom stereocenters. The minimum Gasteiger partial charge on any atom is -0.358 e. The third kappa shape index (κ3) is 2.91. The maximum absolute atomic E-state index is 13.2. The van der Waals surface area contributed by atoms with Gasteiger partial charge in [0.05, 0.1) is 28.5 Å². The maximum Gasteiger partial charge on any atom is 0.417 e. The molecule has 7 nitrogen and oxygen atoms in total. The van der Waals surface area contributed by atoms with Crippen molar-refractivity contribution in [3.8, 4) is 6.07 Å². The van der Waals surface area contributed by atoms with E-state index in [0.717, 1.165) is 24.5 Å². The number of fused-ring (bicyclic) bond motifs is 1. The van der Waals surface area contributed by atoms with Gasteiger partial charge in [0, 0.05) is 24.8 Å². The van der Waals surface area contributed by atoms with Crippen molar-refractivity contribution in [3.05, 3.63) is 41.9 Å². The van der Waals surface area contributed by atoms with E-state index in [9.17, 15) is 21.6 Å². The Bertz CT molecular complexity index is 1110. The molecule has 0 radical (unpaired) electrons. The lowest BCUT2D eigenvalue weighted by Gasteiger charge is -2.12.